The molecule has 0 aliphatic heterocycles. The van der Waals surface area contributed by atoms with Gasteiger partial charge in [0.05, 0.1) is 33.4 Å². The van der Waals surface area contributed by atoms with E-state index in [4.69, 9.17) is 18.9 Å². The molecule has 3 aromatic carbocycles. The summed E-state index contributed by atoms with van der Waals surface area (Å²) >= 11 is 1.57. The summed E-state index contributed by atoms with van der Waals surface area (Å²) in [5.74, 6) is 2.05. The number of methoxy groups -OCH3 is 2. The third-order valence-electron chi connectivity index (χ3n) is 5.18. The molecule has 0 saturated carbocycles. The predicted octanol–water partition coefficient (Wildman–Crippen LogP) is 4.71. The molecule has 1 N–H and O–H groups in total. The van der Waals surface area contributed by atoms with E-state index < -0.39 is 11.7 Å². The van der Waals surface area contributed by atoms with Crippen molar-refractivity contribution >= 4 is 11.8 Å². The first-order valence-corrected chi connectivity index (χ1v) is 11.8. The molecular weight excluding hydrogens is 424 g/mol. The quantitative estimate of drug-likeness (QED) is 0.243. The highest BCUT2D eigenvalue weighted by atomic mass is 32.2. The van der Waals surface area contributed by atoms with E-state index >= 15 is 0 Å². The molecule has 1 atom stereocenters. The van der Waals surface area contributed by atoms with Gasteiger partial charge in [-0.3, -0.25) is 0 Å². The Hall–Kier alpha value is -2.51. The Morgan fingerprint density at radius 3 is 1.72 bits per heavy atom. The van der Waals surface area contributed by atoms with E-state index in [2.05, 4.69) is 0 Å². The molecule has 0 radical (unpaired) electrons. The van der Waals surface area contributed by atoms with Gasteiger partial charge >= 0.3 is 0 Å². The summed E-state index contributed by atoms with van der Waals surface area (Å²) in [6, 6.07) is 25.6. The number of rotatable bonds is 12. The Morgan fingerprint density at radius 1 is 0.750 bits per heavy atom. The zero-order valence-electron chi connectivity index (χ0n) is 18.7. The van der Waals surface area contributed by atoms with Gasteiger partial charge in [-0.1, -0.05) is 54.6 Å². The average Bonchev–Trinajstić information content (AvgIpc) is 2.86. The van der Waals surface area contributed by atoms with Crippen LogP contribution in [0.1, 0.15) is 16.7 Å². The number of benzene rings is 3. The summed E-state index contributed by atoms with van der Waals surface area (Å²) in [6.45, 7) is 0.304. The van der Waals surface area contributed by atoms with Gasteiger partial charge in [-0.2, -0.15) is 0 Å². The second-order valence-electron chi connectivity index (χ2n) is 7.25. The Bertz CT molecular complexity index is 881. The normalized spacial score (nSPS) is 12.4. The Morgan fingerprint density at radius 2 is 1.25 bits per heavy atom. The molecular formula is C26H30O5S. The van der Waals surface area contributed by atoms with Gasteiger partial charge in [0.25, 0.3) is 0 Å². The zero-order chi connectivity index (χ0) is 22.8. The van der Waals surface area contributed by atoms with E-state index in [1.54, 1.807) is 26.0 Å². The SMILES string of the molecule is COc1ccc(C(OC[C@H](O)COCSC)(c2ccccc2)c2ccc(OC)cc2)cc1. The first-order valence-electron chi connectivity index (χ1n) is 10.4. The number of hydrogen-bond acceptors (Lipinski definition) is 6. The minimum absolute atomic E-state index is 0.0985. The molecule has 6 heteroatoms. The maximum Gasteiger partial charge on any atom is 0.143 e. The van der Waals surface area contributed by atoms with Gasteiger partial charge in [0, 0.05) is 0 Å². The number of thioether (sulfide) groups is 1. The van der Waals surface area contributed by atoms with Gasteiger partial charge in [0.2, 0.25) is 0 Å². The summed E-state index contributed by atoms with van der Waals surface area (Å²) in [4.78, 5) is 0. The highest BCUT2D eigenvalue weighted by molar-refractivity contribution is 7.98. The number of aliphatic hydroxyl groups excluding tert-OH is 1. The predicted molar refractivity (Wildman–Crippen MR) is 129 cm³/mol. The van der Waals surface area contributed by atoms with Gasteiger partial charge in [-0.25, -0.2) is 0 Å². The molecule has 3 rings (SSSR count). The monoisotopic (exact) mass is 454 g/mol. The van der Waals surface area contributed by atoms with Crippen molar-refractivity contribution < 1.29 is 24.1 Å². The van der Waals surface area contributed by atoms with Crippen molar-refractivity contribution in [2.24, 2.45) is 0 Å². The maximum atomic E-state index is 10.5. The van der Waals surface area contributed by atoms with E-state index in [9.17, 15) is 5.11 Å². The van der Waals surface area contributed by atoms with Gasteiger partial charge in [0.15, 0.2) is 0 Å². The Labute approximate surface area is 194 Å². The van der Waals surface area contributed by atoms with E-state index in [0.29, 0.717) is 5.94 Å². The Kier molecular flexibility index (Phi) is 9.00. The second-order valence-corrected chi connectivity index (χ2v) is 8.06. The molecule has 5 nitrogen and oxygen atoms in total. The summed E-state index contributed by atoms with van der Waals surface area (Å²) in [5.41, 5.74) is 1.85. The molecule has 0 saturated heterocycles. The molecule has 0 aliphatic rings. The van der Waals surface area contributed by atoms with Crippen molar-refractivity contribution in [2.75, 3.05) is 39.6 Å². The maximum absolute atomic E-state index is 10.5. The molecule has 0 amide bonds. The lowest BCUT2D eigenvalue weighted by Gasteiger charge is -2.36. The summed E-state index contributed by atoms with van der Waals surface area (Å²) in [6.07, 6.45) is 1.19. The molecule has 0 fully saturated rings. The second kappa shape index (κ2) is 11.9. The summed E-state index contributed by atoms with van der Waals surface area (Å²) < 4.78 is 22.8. The van der Waals surface area contributed by atoms with Gasteiger partial charge in [-0.05, 0) is 47.2 Å². The molecule has 0 bridgehead atoms. The highest BCUT2D eigenvalue weighted by Gasteiger charge is 2.38. The fraction of sp³-hybridized carbons (Fsp3) is 0.308. The number of ether oxygens (including phenoxy) is 4. The zero-order valence-corrected chi connectivity index (χ0v) is 19.5. The van der Waals surface area contributed by atoms with Crippen molar-refractivity contribution in [3.8, 4) is 11.5 Å². The molecule has 170 valence electrons. The van der Waals surface area contributed by atoms with Crippen LogP contribution in [0.2, 0.25) is 0 Å². The first-order chi connectivity index (χ1) is 15.6. The van der Waals surface area contributed by atoms with Crippen LogP contribution in [-0.2, 0) is 15.1 Å². The lowest BCUT2D eigenvalue weighted by atomic mass is 9.80. The van der Waals surface area contributed by atoms with Crippen LogP contribution in [0.25, 0.3) is 0 Å². The van der Waals surface area contributed by atoms with E-state index in [-0.39, 0.29) is 13.2 Å². The average molecular weight is 455 g/mol. The van der Waals surface area contributed by atoms with Crippen LogP contribution in [0, 0.1) is 0 Å². The van der Waals surface area contributed by atoms with Crippen LogP contribution in [0.15, 0.2) is 78.9 Å². The molecule has 0 aromatic heterocycles. The largest absolute Gasteiger partial charge is 0.497 e. The van der Waals surface area contributed by atoms with Crippen molar-refractivity contribution in [2.45, 2.75) is 11.7 Å². The van der Waals surface area contributed by atoms with E-state index in [1.807, 2.05) is 85.1 Å². The third kappa shape index (κ3) is 5.64. The van der Waals surface area contributed by atoms with Gasteiger partial charge in [-0.15, -0.1) is 11.8 Å². The third-order valence-corrected chi connectivity index (χ3v) is 5.58. The van der Waals surface area contributed by atoms with Crippen molar-refractivity contribution in [1.82, 2.24) is 0 Å². The smallest absolute Gasteiger partial charge is 0.143 e. The van der Waals surface area contributed by atoms with Crippen LogP contribution in [-0.4, -0.2) is 50.8 Å². The van der Waals surface area contributed by atoms with E-state index in [0.717, 1.165) is 28.2 Å². The van der Waals surface area contributed by atoms with Crippen molar-refractivity contribution in [3.05, 3.63) is 95.6 Å². The Balaban J connectivity index is 2.08. The van der Waals surface area contributed by atoms with Crippen LogP contribution in [0.4, 0.5) is 0 Å². The van der Waals surface area contributed by atoms with E-state index in [1.165, 1.54) is 0 Å². The first kappa shape index (κ1) is 24.1. The lowest BCUT2D eigenvalue weighted by molar-refractivity contribution is -0.0593. The van der Waals surface area contributed by atoms with Gasteiger partial charge < -0.3 is 24.1 Å². The topological polar surface area (TPSA) is 57.2 Å². The minimum atomic E-state index is -0.944. The van der Waals surface area contributed by atoms with Crippen LogP contribution >= 0.6 is 11.8 Å². The summed E-state index contributed by atoms with van der Waals surface area (Å²) in [5, 5.41) is 10.5. The van der Waals surface area contributed by atoms with Crippen LogP contribution in [0.3, 0.4) is 0 Å². The minimum Gasteiger partial charge on any atom is -0.497 e. The molecule has 0 spiro atoms. The summed E-state index contributed by atoms with van der Waals surface area (Å²) in [7, 11) is 3.29. The van der Waals surface area contributed by atoms with Crippen LogP contribution < -0.4 is 9.47 Å². The fourth-order valence-electron chi connectivity index (χ4n) is 3.61. The molecule has 0 unspecified atom stereocenters. The lowest BCUT2D eigenvalue weighted by Crippen LogP contribution is -2.36. The molecule has 0 aliphatic carbocycles. The number of hydrogen-bond donors (Lipinski definition) is 1. The van der Waals surface area contributed by atoms with Crippen molar-refractivity contribution in [1.29, 1.82) is 0 Å². The van der Waals surface area contributed by atoms with Gasteiger partial charge in [0.1, 0.15) is 23.2 Å². The number of aliphatic hydroxyl groups is 1. The standard InChI is InChI=1S/C26H30O5S/c1-28-24-13-9-21(10-14-24)26(20-7-5-4-6-8-20,22-11-15-25(29-2)16-12-22)31-18-23(27)17-30-19-32-3/h4-16,23,27H,17-19H2,1-3H3/t23-/m1/s1. The van der Waals surface area contributed by atoms with Crippen molar-refractivity contribution in [3.63, 3.8) is 0 Å². The fourth-order valence-corrected chi connectivity index (χ4v) is 3.87. The molecule has 0 heterocycles. The van der Waals surface area contributed by atoms with Crippen LogP contribution in [0.5, 0.6) is 11.5 Å². The molecule has 3 aromatic rings. The molecule has 32 heavy (non-hydrogen) atoms. The highest BCUT2D eigenvalue weighted by Crippen LogP contribution is 2.41.